The number of amides is 1. The number of rotatable bonds is 6. The Kier molecular flexibility index (Phi) is 5.39. The Morgan fingerprint density at radius 2 is 1.94 bits per heavy atom. The van der Waals surface area contributed by atoms with Crippen LogP contribution in [0.15, 0.2) is 33.9 Å². The number of carbonyl (C=O) groups excluding carboxylic acids is 1. The van der Waals surface area contributed by atoms with Crippen LogP contribution in [0.2, 0.25) is 0 Å². The summed E-state index contributed by atoms with van der Waals surface area (Å²) >= 11 is 0. The highest BCUT2D eigenvalue weighted by Crippen LogP contribution is 2.40. The number of aryl methyl sites for hydroxylation is 1. The first-order chi connectivity index (χ1) is 16.0. The Labute approximate surface area is 190 Å². The van der Waals surface area contributed by atoms with E-state index in [-0.39, 0.29) is 28.4 Å². The predicted octanol–water partition coefficient (Wildman–Crippen LogP) is 2.42. The highest BCUT2D eigenvalue weighted by atomic mass is 16.6. The molecule has 0 bridgehead atoms. The van der Waals surface area contributed by atoms with Gasteiger partial charge in [0.25, 0.3) is 11.5 Å². The molecule has 0 spiro atoms. The van der Waals surface area contributed by atoms with Crippen molar-refractivity contribution in [2.45, 2.75) is 45.2 Å². The summed E-state index contributed by atoms with van der Waals surface area (Å²) in [7, 11) is 1.69. The Bertz CT molecular complexity index is 1360. The van der Waals surface area contributed by atoms with E-state index in [0.717, 1.165) is 24.1 Å². The van der Waals surface area contributed by atoms with Gasteiger partial charge in [-0.05, 0) is 43.0 Å². The summed E-state index contributed by atoms with van der Waals surface area (Å²) in [5.74, 6) is 1.30. The summed E-state index contributed by atoms with van der Waals surface area (Å²) in [5.41, 5.74) is 1.10. The average Bonchev–Trinajstić information content (AvgIpc) is 3.66. The van der Waals surface area contributed by atoms with Crippen molar-refractivity contribution in [1.82, 2.24) is 19.4 Å². The van der Waals surface area contributed by atoms with E-state index in [0.29, 0.717) is 44.2 Å². The minimum Gasteiger partial charge on any atom is -0.486 e. The summed E-state index contributed by atoms with van der Waals surface area (Å²) in [6.45, 7) is 3.68. The first kappa shape index (κ1) is 21.2. The molecule has 5 rings (SSSR count). The van der Waals surface area contributed by atoms with Gasteiger partial charge >= 0.3 is 5.69 Å². The average molecular weight is 450 g/mol. The predicted molar refractivity (Wildman–Crippen MR) is 122 cm³/mol. The van der Waals surface area contributed by atoms with Crippen LogP contribution in [0.4, 0.5) is 0 Å². The molecule has 2 aliphatic rings. The molecule has 1 aliphatic heterocycles. The van der Waals surface area contributed by atoms with E-state index in [4.69, 9.17) is 9.47 Å². The zero-order valence-electron chi connectivity index (χ0n) is 18.7. The lowest BCUT2D eigenvalue weighted by atomic mass is 10.1. The van der Waals surface area contributed by atoms with E-state index in [1.54, 1.807) is 18.0 Å². The number of hydrogen-bond acceptors (Lipinski definition) is 6. The lowest BCUT2D eigenvalue weighted by molar-refractivity contribution is 0.0786. The van der Waals surface area contributed by atoms with Gasteiger partial charge < -0.3 is 14.4 Å². The van der Waals surface area contributed by atoms with Crippen LogP contribution >= 0.6 is 0 Å². The fourth-order valence-corrected chi connectivity index (χ4v) is 4.22. The van der Waals surface area contributed by atoms with Crippen molar-refractivity contribution < 1.29 is 14.3 Å². The Hall–Kier alpha value is -3.62. The molecule has 1 fully saturated rings. The van der Waals surface area contributed by atoms with E-state index in [2.05, 4.69) is 9.97 Å². The van der Waals surface area contributed by atoms with Crippen LogP contribution < -0.4 is 20.7 Å². The second-order valence-electron chi connectivity index (χ2n) is 8.62. The first-order valence-corrected chi connectivity index (χ1v) is 11.3. The van der Waals surface area contributed by atoms with Crippen molar-refractivity contribution in [2.75, 3.05) is 20.3 Å². The summed E-state index contributed by atoms with van der Waals surface area (Å²) in [4.78, 5) is 47.4. The van der Waals surface area contributed by atoms with Gasteiger partial charge in [0.2, 0.25) is 0 Å². The molecular weight excluding hydrogens is 424 g/mol. The standard InChI is InChI=1S/C24H26N4O5/c1-3-8-28-21-20(22(29)26-24(28)31)16(12-17(25-21)15-5-6-15)23(30)27(2)13-14-4-7-18-19(11-14)33-10-9-32-18/h4,7,11-12,15H,3,5-6,8-10,13H2,1-2H3,(H,26,29,31). The Balaban J connectivity index is 1.55. The van der Waals surface area contributed by atoms with Gasteiger partial charge in [-0.1, -0.05) is 13.0 Å². The summed E-state index contributed by atoms with van der Waals surface area (Å²) in [6, 6.07) is 7.32. The summed E-state index contributed by atoms with van der Waals surface area (Å²) < 4.78 is 12.7. The number of fused-ring (bicyclic) bond motifs is 2. The van der Waals surface area contributed by atoms with Crippen molar-refractivity contribution in [2.24, 2.45) is 0 Å². The minimum atomic E-state index is -0.590. The lowest BCUT2D eigenvalue weighted by Crippen LogP contribution is -2.34. The number of nitrogens with zero attached hydrogens (tertiary/aromatic N) is 3. The molecule has 0 radical (unpaired) electrons. The third-order valence-electron chi connectivity index (χ3n) is 6.01. The lowest BCUT2D eigenvalue weighted by Gasteiger charge is -2.22. The van der Waals surface area contributed by atoms with Crippen LogP contribution in [0.3, 0.4) is 0 Å². The molecule has 9 nitrogen and oxygen atoms in total. The van der Waals surface area contributed by atoms with Crippen molar-refractivity contribution >= 4 is 16.9 Å². The van der Waals surface area contributed by atoms with Gasteiger partial charge in [-0.15, -0.1) is 0 Å². The van der Waals surface area contributed by atoms with E-state index in [1.165, 1.54) is 4.57 Å². The molecule has 1 N–H and O–H groups in total. The maximum Gasteiger partial charge on any atom is 0.329 e. The molecule has 0 atom stereocenters. The van der Waals surface area contributed by atoms with Crippen molar-refractivity contribution in [3.05, 3.63) is 61.9 Å². The number of carbonyl (C=O) groups is 1. The van der Waals surface area contributed by atoms with Gasteiger partial charge in [-0.2, -0.15) is 0 Å². The second-order valence-corrected chi connectivity index (χ2v) is 8.62. The number of ether oxygens (including phenoxy) is 2. The van der Waals surface area contributed by atoms with E-state index < -0.39 is 11.2 Å². The number of aromatic amines is 1. The van der Waals surface area contributed by atoms with Crippen LogP contribution in [-0.2, 0) is 13.1 Å². The number of H-pyrrole nitrogens is 1. The van der Waals surface area contributed by atoms with Crippen molar-refractivity contribution in [3.8, 4) is 11.5 Å². The number of pyridine rings is 1. The van der Waals surface area contributed by atoms with Crippen LogP contribution in [0.25, 0.3) is 11.0 Å². The summed E-state index contributed by atoms with van der Waals surface area (Å²) in [5, 5.41) is 0.159. The number of aromatic nitrogens is 3. The maximum absolute atomic E-state index is 13.6. The monoisotopic (exact) mass is 450 g/mol. The van der Waals surface area contributed by atoms with E-state index in [1.807, 2.05) is 25.1 Å². The molecule has 1 aromatic carbocycles. The topological polar surface area (TPSA) is 107 Å². The molecule has 9 heteroatoms. The molecule has 0 saturated heterocycles. The van der Waals surface area contributed by atoms with Gasteiger partial charge in [0.15, 0.2) is 17.1 Å². The molecule has 172 valence electrons. The largest absolute Gasteiger partial charge is 0.486 e. The van der Waals surface area contributed by atoms with E-state index in [9.17, 15) is 14.4 Å². The van der Waals surface area contributed by atoms with Crippen LogP contribution in [0, 0.1) is 0 Å². The SMILES string of the molecule is CCCn1c(=O)[nH]c(=O)c2c(C(=O)N(C)Cc3ccc4c(c3)OCCO4)cc(C3CC3)nc21. The van der Waals surface area contributed by atoms with Gasteiger partial charge in [0, 0.05) is 31.7 Å². The molecular formula is C24H26N4O5. The second kappa shape index (κ2) is 8.38. The van der Waals surface area contributed by atoms with Gasteiger partial charge in [0.05, 0.1) is 10.9 Å². The highest BCUT2D eigenvalue weighted by Gasteiger charge is 2.29. The smallest absolute Gasteiger partial charge is 0.329 e. The minimum absolute atomic E-state index is 0.159. The van der Waals surface area contributed by atoms with Gasteiger partial charge in [-0.3, -0.25) is 19.1 Å². The van der Waals surface area contributed by atoms with Gasteiger partial charge in [-0.25, -0.2) is 9.78 Å². The number of benzene rings is 1. The molecule has 2 aromatic heterocycles. The van der Waals surface area contributed by atoms with Crippen LogP contribution in [0.5, 0.6) is 11.5 Å². The van der Waals surface area contributed by atoms with E-state index >= 15 is 0 Å². The quantitative estimate of drug-likeness (QED) is 0.618. The number of hydrogen-bond donors (Lipinski definition) is 1. The zero-order valence-corrected chi connectivity index (χ0v) is 18.7. The molecule has 1 saturated carbocycles. The Morgan fingerprint density at radius 1 is 1.18 bits per heavy atom. The molecule has 33 heavy (non-hydrogen) atoms. The zero-order chi connectivity index (χ0) is 23.1. The third-order valence-corrected chi connectivity index (χ3v) is 6.01. The molecule has 1 aliphatic carbocycles. The van der Waals surface area contributed by atoms with Crippen molar-refractivity contribution in [1.29, 1.82) is 0 Å². The van der Waals surface area contributed by atoms with Gasteiger partial charge in [0.1, 0.15) is 13.2 Å². The number of nitrogens with one attached hydrogen (secondary N) is 1. The molecule has 3 aromatic rings. The fraction of sp³-hybridized carbons (Fsp3) is 0.417. The van der Waals surface area contributed by atoms with Crippen LogP contribution in [0.1, 0.15) is 53.7 Å². The van der Waals surface area contributed by atoms with Crippen LogP contribution in [-0.4, -0.2) is 45.6 Å². The first-order valence-electron chi connectivity index (χ1n) is 11.3. The Morgan fingerprint density at radius 3 is 2.67 bits per heavy atom. The normalized spacial score (nSPS) is 15.0. The maximum atomic E-state index is 13.6. The highest BCUT2D eigenvalue weighted by molar-refractivity contribution is 6.05. The molecule has 3 heterocycles. The third kappa shape index (κ3) is 3.99. The molecule has 1 amide bonds. The van der Waals surface area contributed by atoms with Crippen molar-refractivity contribution in [3.63, 3.8) is 0 Å². The fourth-order valence-electron chi connectivity index (χ4n) is 4.22. The summed E-state index contributed by atoms with van der Waals surface area (Å²) in [6.07, 6.45) is 2.67. The molecule has 0 unspecified atom stereocenters.